The van der Waals surface area contributed by atoms with Crippen LogP contribution < -0.4 is 5.32 Å². The second kappa shape index (κ2) is 5.48. The molecule has 2 rings (SSSR count). The Labute approximate surface area is 98.3 Å². The highest BCUT2D eigenvalue weighted by molar-refractivity contribution is 5.09. The molecule has 3 nitrogen and oxygen atoms in total. The number of imidazole rings is 1. The summed E-state index contributed by atoms with van der Waals surface area (Å²) < 4.78 is 2.40. The van der Waals surface area contributed by atoms with Crippen molar-refractivity contribution in [1.29, 1.82) is 0 Å². The van der Waals surface area contributed by atoms with E-state index in [9.17, 15) is 0 Å². The third-order valence-corrected chi connectivity index (χ3v) is 3.75. The van der Waals surface area contributed by atoms with E-state index in [1.165, 1.54) is 37.9 Å². The zero-order valence-corrected chi connectivity index (χ0v) is 10.4. The third-order valence-electron chi connectivity index (χ3n) is 3.75. The molecule has 1 unspecified atom stereocenters. The number of nitrogens with zero attached hydrogens (tertiary/aromatic N) is 2. The van der Waals surface area contributed by atoms with E-state index in [2.05, 4.69) is 34.9 Å². The van der Waals surface area contributed by atoms with Gasteiger partial charge in [-0.25, -0.2) is 4.98 Å². The van der Waals surface area contributed by atoms with E-state index >= 15 is 0 Å². The van der Waals surface area contributed by atoms with Crippen LogP contribution in [0.1, 0.15) is 57.2 Å². The van der Waals surface area contributed by atoms with Gasteiger partial charge in [0.05, 0.1) is 6.33 Å². The Bertz CT molecular complexity index is 309. The summed E-state index contributed by atoms with van der Waals surface area (Å²) in [4.78, 5) is 4.35. The Kier molecular flexibility index (Phi) is 3.99. The van der Waals surface area contributed by atoms with Gasteiger partial charge in [0.2, 0.25) is 0 Å². The fraction of sp³-hybridized carbons (Fsp3) is 0.769. The maximum atomic E-state index is 4.35. The second-order valence-corrected chi connectivity index (χ2v) is 4.74. The molecule has 1 aromatic heterocycles. The van der Waals surface area contributed by atoms with Crippen LogP contribution in [0, 0.1) is 0 Å². The topological polar surface area (TPSA) is 29.9 Å². The first-order valence-corrected chi connectivity index (χ1v) is 6.59. The van der Waals surface area contributed by atoms with Crippen LogP contribution in [0.2, 0.25) is 0 Å². The normalized spacial score (nSPS) is 21.6. The van der Waals surface area contributed by atoms with Crippen LogP contribution in [0.3, 0.4) is 0 Å². The predicted molar refractivity (Wildman–Crippen MR) is 66.7 cm³/mol. The van der Waals surface area contributed by atoms with Crippen molar-refractivity contribution in [3.8, 4) is 0 Å². The van der Waals surface area contributed by atoms with Crippen LogP contribution in [-0.4, -0.2) is 22.6 Å². The Morgan fingerprint density at radius 2 is 2.31 bits per heavy atom. The van der Waals surface area contributed by atoms with Gasteiger partial charge in [-0.3, -0.25) is 0 Å². The van der Waals surface area contributed by atoms with E-state index in [-0.39, 0.29) is 0 Å². The molecule has 0 saturated carbocycles. The lowest BCUT2D eigenvalue weighted by Crippen LogP contribution is -2.30. The highest BCUT2D eigenvalue weighted by Crippen LogP contribution is 2.27. The van der Waals surface area contributed by atoms with E-state index in [1.807, 2.05) is 6.33 Å². The smallest absolute Gasteiger partial charge is 0.0950 e. The number of hydrogen-bond donors (Lipinski definition) is 1. The molecule has 1 N–H and O–H groups in total. The van der Waals surface area contributed by atoms with Crippen LogP contribution in [0.15, 0.2) is 12.5 Å². The maximum absolute atomic E-state index is 4.35. The molecule has 1 saturated heterocycles. The Morgan fingerprint density at radius 3 is 2.94 bits per heavy atom. The van der Waals surface area contributed by atoms with Gasteiger partial charge in [-0.2, -0.15) is 0 Å². The van der Waals surface area contributed by atoms with Crippen LogP contribution in [0.5, 0.6) is 0 Å². The molecule has 3 heteroatoms. The lowest BCUT2D eigenvalue weighted by Gasteiger charge is -2.26. The van der Waals surface area contributed by atoms with Crippen molar-refractivity contribution in [2.24, 2.45) is 0 Å². The summed E-state index contributed by atoms with van der Waals surface area (Å²) in [6.07, 6.45) is 9.06. The molecule has 1 aliphatic heterocycles. The van der Waals surface area contributed by atoms with Gasteiger partial charge in [-0.15, -0.1) is 0 Å². The summed E-state index contributed by atoms with van der Waals surface area (Å²) in [7, 11) is 0. The SMILES string of the molecule is CCC(CC)n1cncc1C1CCCNC1. The first-order valence-electron chi connectivity index (χ1n) is 6.59. The Balaban J connectivity index is 2.16. The van der Waals surface area contributed by atoms with Crippen molar-refractivity contribution in [3.63, 3.8) is 0 Å². The predicted octanol–water partition coefficient (Wildman–Crippen LogP) is 2.71. The third kappa shape index (κ3) is 2.29. The standard InChI is InChI=1S/C13H23N3/c1-3-12(4-2)16-10-15-9-13(16)11-6-5-7-14-8-11/h9-12,14H,3-8H2,1-2H3. The first-order chi connectivity index (χ1) is 7.86. The average Bonchev–Trinajstić information content (AvgIpc) is 2.81. The highest BCUT2D eigenvalue weighted by atomic mass is 15.1. The fourth-order valence-corrected chi connectivity index (χ4v) is 2.72. The van der Waals surface area contributed by atoms with Gasteiger partial charge in [0.1, 0.15) is 0 Å². The molecule has 0 radical (unpaired) electrons. The summed E-state index contributed by atoms with van der Waals surface area (Å²) in [6.45, 7) is 6.82. The van der Waals surface area contributed by atoms with E-state index in [1.54, 1.807) is 0 Å². The molecular formula is C13H23N3. The maximum Gasteiger partial charge on any atom is 0.0950 e. The monoisotopic (exact) mass is 221 g/mol. The Morgan fingerprint density at radius 1 is 1.50 bits per heavy atom. The fourth-order valence-electron chi connectivity index (χ4n) is 2.72. The number of nitrogens with one attached hydrogen (secondary N) is 1. The molecular weight excluding hydrogens is 198 g/mol. The molecule has 2 heterocycles. The van der Waals surface area contributed by atoms with Crippen molar-refractivity contribution in [2.45, 2.75) is 51.5 Å². The van der Waals surface area contributed by atoms with E-state index in [4.69, 9.17) is 0 Å². The van der Waals surface area contributed by atoms with E-state index in [0.717, 1.165) is 6.54 Å². The first kappa shape index (κ1) is 11.6. The largest absolute Gasteiger partial charge is 0.331 e. The lowest BCUT2D eigenvalue weighted by atomic mass is 9.96. The van der Waals surface area contributed by atoms with Gasteiger partial charge in [0.15, 0.2) is 0 Å². The molecule has 1 aliphatic rings. The number of aromatic nitrogens is 2. The van der Waals surface area contributed by atoms with Crippen LogP contribution in [0.25, 0.3) is 0 Å². The van der Waals surface area contributed by atoms with Gasteiger partial charge in [-0.05, 0) is 32.2 Å². The molecule has 1 aromatic rings. The number of rotatable bonds is 4. The minimum Gasteiger partial charge on any atom is -0.331 e. The zero-order chi connectivity index (χ0) is 11.4. The molecule has 90 valence electrons. The summed E-state index contributed by atoms with van der Waals surface area (Å²) in [5.41, 5.74) is 1.43. The van der Waals surface area contributed by atoms with E-state index < -0.39 is 0 Å². The van der Waals surface area contributed by atoms with Gasteiger partial charge in [-0.1, -0.05) is 13.8 Å². The minimum atomic E-state index is 0.624. The van der Waals surface area contributed by atoms with Crippen molar-refractivity contribution >= 4 is 0 Å². The quantitative estimate of drug-likeness (QED) is 0.847. The molecule has 1 fully saturated rings. The van der Waals surface area contributed by atoms with Gasteiger partial charge in [0.25, 0.3) is 0 Å². The van der Waals surface area contributed by atoms with Gasteiger partial charge >= 0.3 is 0 Å². The average molecular weight is 221 g/mol. The number of hydrogen-bond acceptors (Lipinski definition) is 2. The van der Waals surface area contributed by atoms with Crippen molar-refractivity contribution in [2.75, 3.05) is 13.1 Å². The van der Waals surface area contributed by atoms with Crippen molar-refractivity contribution in [1.82, 2.24) is 14.9 Å². The van der Waals surface area contributed by atoms with Gasteiger partial charge in [0, 0.05) is 30.4 Å². The molecule has 0 bridgehead atoms. The Hall–Kier alpha value is -0.830. The molecule has 16 heavy (non-hydrogen) atoms. The molecule has 0 aromatic carbocycles. The van der Waals surface area contributed by atoms with E-state index in [0.29, 0.717) is 12.0 Å². The number of piperidine rings is 1. The van der Waals surface area contributed by atoms with Gasteiger partial charge < -0.3 is 9.88 Å². The lowest BCUT2D eigenvalue weighted by molar-refractivity contribution is 0.403. The summed E-state index contributed by atoms with van der Waals surface area (Å²) >= 11 is 0. The summed E-state index contributed by atoms with van der Waals surface area (Å²) in [6, 6.07) is 0.624. The van der Waals surface area contributed by atoms with Crippen LogP contribution >= 0.6 is 0 Å². The molecule has 1 atom stereocenters. The molecule has 0 amide bonds. The van der Waals surface area contributed by atoms with Crippen molar-refractivity contribution in [3.05, 3.63) is 18.2 Å². The summed E-state index contributed by atoms with van der Waals surface area (Å²) in [5.74, 6) is 0.664. The van der Waals surface area contributed by atoms with Crippen molar-refractivity contribution < 1.29 is 0 Å². The van der Waals surface area contributed by atoms with Crippen LogP contribution in [-0.2, 0) is 0 Å². The minimum absolute atomic E-state index is 0.624. The molecule has 0 spiro atoms. The summed E-state index contributed by atoms with van der Waals surface area (Å²) in [5, 5.41) is 3.48. The van der Waals surface area contributed by atoms with Crippen LogP contribution in [0.4, 0.5) is 0 Å². The zero-order valence-electron chi connectivity index (χ0n) is 10.4. The highest BCUT2D eigenvalue weighted by Gasteiger charge is 2.20. The second-order valence-electron chi connectivity index (χ2n) is 4.74. The molecule has 0 aliphatic carbocycles.